The van der Waals surface area contributed by atoms with Crippen LogP contribution < -0.4 is 5.32 Å². The van der Waals surface area contributed by atoms with E-state index < -0.39 is 0 Å². The number of hydrogen-bond acceptors (Lipinski definition) is 4. The molecular weight excluding hydrogens is 318 g/mol. The van der Waals surface area contributed by atoms with E-state index in [2.05, 4.69) is 10.2 Å². The van der Waals surface area contributed by atoms with Crippen molar-refractivity contribution in [3.8, 4) is 0 Å². The van der Waals surface area contributed by atoms with Crippen LogP contribution in [0.3, 0.4) is 0 Å². The van der Waals surface area contributed by atoms with Crippen LogP contribution in [0.2, 0.25) is 0 Å². The number of methoxy groups -OCH3 is 1. The fraction of sp³-hybridized carbons (Fsp3) is 0.737. The Morgan fingerprint density at radius 3 is 2.96 bits per heavy atom. The van der Waals surface area contributed by atoms with Crippen LogP contribution in [0.5, 0.6) is 0 Å². The lowest BCUT2D eigenvalue weighted by molar-refractivity contribution is 0.156. The minimum atomic E-state index is 0.0528. The van der Waals surface area contributed by atoms with Crippen LogP contribution in [-0.2, 0) is 11.3 Å². The van der Waals surface area contributed by atoms with Gasteiger partial charge in [-0.15, -0.1) is 0 Å². The molecule has 2 atom stereocenters. The molecule has 0 aromatic carbocycles. The van der Waals surface area contributed by atoms with E-state index in [1.807, 2.05) is 17.0 Å². The van der Waals surface area contributed by atoms with Gasteiger partial charge in [-0.3, -0.25) is 0 Å². The first-order valence-electron chi connectivity index (χ1n) is 9.60. The highest BCUT2D eigenvalue weighted by atomic mass is 16.5. The minimum absolute atomic E-state index is 0.0528. The fourth-order valence-corrected chi connectivity index (χ4v) is 4.23. The number of rotatable bonds is 6. The summed E-state index contributed by atoms with van der Waals surface area (Å²) in [6, 6.07) is 4.87. The summed E-state index contributed by atoms with van der Waals surface area (Å²) in [7, 11) is 1.66. The molecule has 3 fully saturated rings. The average Bonchev–Trinajstić information content (AvgIpc) is 3.05. The molecule has 1 N–H and O–H groups in total. The molecular formula is C19H29N3O3. The quantitative estimate of drug-likeness (QED) is 0.860. The first-order chi connectivity index (χ1) is 12.2. The molecule has 0 bridgehead atoms. The topological polar surface area (TPSA) is 58.0 Å². The number of nitrogens with zero attached hydrogens (tertiary/aromatic N) is 2. The Morgan fingerprint density at radius 1 is 1.28 bits per heavy atom. The van der Waals surface area contributed by atoms with Crippen LogP contribution in [0, 0.1) is 5.92 Å². The van der Waals surface area contributed by atoms with E-state index in [0.717, 1.165) is 50.0 Å². The van der Waals surface area contributed by atoms with E-state index >= 15 is 0 Å². The summed E-state index contributed by atoms with van der Waals surface area (Å²) in [5.74, 6) is 2.29. The molecule has 0 radical (unpaired) electrons. The van der Waals surface area contributed by atoms with Gasteiger partial charge in [-0.25, -0.2) is 4.79 Å². The third-order valence-corrected chi connectivity index (χ3v) is 5.73. The molecule has 2 unspecified atom stereocenters. The van der Waals surface area contributed by atoms with Crippen LogP contribution >= 0.6 is 0 Å². The number of carbonyl (C=O) groups excluding carboxylic acids is 1. The maximum Gasteiger partial charge on any atom is 0.318 e. The lowest BCUT2D eigenvalue weighted by Crippen LogP contribution is -2.41. The Bertz CT molecular complexity index is 598. The van der Waals surface area contributed by atoms with Crippen molar-refractivity contribution in [2.45, 2.75) is 50.8 Å². The molecule has 3 aliphatic rings. The highest BCUT2D eigenvalue weighted by molar-refractivity contribution is 5.75. The summed E-state index contributed by atoms with van der Waals surface area (Å²) in [4.78, 5) is 17.2. The highest BCUT2D eigenvalue weighted by Gasteiger charge is 2.35. The van der Waals surface area contributed by atoms with Crippen molar-refractivity contribution in [3.05, 3.63) is 23.7 Å². The molecule has 2 amide bonds. The number of amides is 2. The van der Waals surface area contributed by atoms with Crippen LogP contribution in [0.15, 0.2) is 16.5 Å². The number of ether oxygens (including phenoxy) is 1. The van der Waals surface area contributed by atoms with Gasteiger partial charge in [0, 0.05) is 32.8 Å². The van der Waals surface area contributed by atoms with Gasteiger partial charge in [0.15, 0.2) is 0 Å². The molecule has 1 aliphatic carbocycles. The molecule has 3 heterocycles. The Labute approximate surface area is 149 Å². The van der Waals surface area contributed by atoms with E-state index in [1.54, 1.807) is 7.11 Å². The third-order valence-electron chi connectivity index (χ3n) is 5.73. The molecule has 4 rings (SSSR count). The highest BCUT2D eigenvalue weighted by Crippen LogP contribution is 2.34. The normalized spacial score (nSPS) is 27.2. The van der Waals surface area contributed by atoms with E-state index in [-0.39, 0.29) is 12.1 Å². The molecule has 0 spiro atoms. The number of urea groups is 1. The molecule has 1 aromatic rings. The zero-order valence-corrected chi connectivity index (χ0v) is 15.1. The van der Waals surface area contributed by atoms with Crippen molar-refractivity contribution < 1.29 is 13.9 Å². The second-order valence-electron chi connectivity index (χ2n) is 7.66. The van der Waals surface area contributed by atoms with Crippen molar-refractivity contribution >= 4 is 6.03 Å². The molecule has 6 heteroatoms. The molecule has 1 saturated carbocycles. The Morgan fingerprint density at radius 2 is 2.16 bits per heavy atom. The summed E-state index contributed by atoms with van der Waals surface area (Å²) in [5, 5.41) is 3.17. The fourth-order valence-electron chi connectivity index (χ4n) is 4.23. The van der Waals surface area contributed by atoms with Gasteiger partial charge >= 0.3 is 6.03 Å². The predicted molar refractivity (Wildman–Crippen MR) is 94.2 cm³/mol. The van der Waals surface area contributed by atoms with Crippen LogP contribution in [0.25, 0.3) is 0 Å². The van der Waals surface area contributed by atoms with Crippen LogP contribution in [0.4, 0.5) is 4.79 Å². The molecule has 138 valence electrons. The summed E-state index contributed by atoms with van der Waals surface area (Å²) in [6.45, 7) is 4.41. The molecule has 1 aromatic heterocycles. The summed E-state index contributed by atoms with van der Waals surface area (Å²) < 4.78 is 11.0. The van der Waals surface area contributed by atoms with Crippen molar-refractivity contribution in [2.24, 2.45) is 5.92 Å². The molecule has 2 saturated heterocycles. The predicted octanol–water partition coefficient (Wildman–Crippen LogP) is 2.76. The zero-order valence-electron chi connectivity index (χ0n) is 15.1. The lowest BCUT2D eigenvalue weighted by Gasteiger charge is -2.24. The number of nitrogens with one attached hydrogen (secondary N) is 1. The minimum Gasteiger partial charge on any atom is -0.461 e. The Kier molecular flexibility index (Phi) is 4.99. The second kappa shape index (κ2) is 7.38. The summed E-state index contributed by atoms with van der Waals surface area (Å²) >= 11 is 0. The number of carbonyl (C=O) groups is 1. The van der Waals surface area contributed by atoms with E-state index in [0.29, 0.717) is 12.5 Å². The van der Waals surface area contributed by atoms with Crippen LogP contribution in [-0.4, -0.2) is 55.2 Å². The van der Waals surface area contributed by atoms with E-state index in [4.69, 9.17) is 9.15 Å². The molecule has 25 heavy (non-hydrogen) atoms. The van der Waals surface area contributed by atoms with Crippen molar-refractivity contribution in [1.29, 1.82) is 0 Å². The maximum absolute atomic E-state index is 12.7. The molecule has 2 aliphatic heterocycles. The van der Waals surface area contributed by atoms with Crippen molar-refractivity contribution in [1.82, 2.24) is 15.1 Å². The first kappa shape index (κ1) is 16.9. The Hall–Kier alpha value is -1.53. The van der Waals surface area contributed by atoms with Gasteiger partial charge in [0.1, 0.15) is 18.1 Å². The number of hydrogen-bond donors (Lipinski definition) is 1. The Balaban J connectivity index is 1.29. The van der Waals surface area contributed by atoms with E-state index in [1.165, 1.54) is 25.8 Å². The monoisotopic (exact) mass is 347 g/mol. The van der Waals surface area contributed by atoms with Gasteiger partial charge in [-0.2, -0.15) is 0 Å². The zero-order chi connectivity index (χ0) is 17.2. The number of likely N-dealkylation sites (tertiary alicyclic amines) is 2. The van der Waals surface area contributed by atoms with Gasteiger partial charge in [0.25, 0.3) is 0 Å². The summed E-state index contributed by atoms with van der Waals surface area (Å²) in [5.41, 5.74) is 0. The van der Waals surface area contributed by atoms with Gasteiger partial charge < -0.3 is 24.3 Å². The van der Waals surface area contributed by atoms with Crippen molar-refractivity contribution in [2.75, 3.05) is 33.3 Å². The lowest BCUT2D eigenvalue weighted by atomic mass is 10.1. The van der Waals surface area contributed by atoms with Gasteiger partial charge in [0.2, 0.25) is 0 Å². The largest absolute Gasteiger partial charge is 0.461 e. The number of furan rings is 1. The SMILES string of the molecule is COCc1ccc(C2CCCN2C(=O)NCC2CCN(C3CC3)C2)o1. The second-order valence-corrected chi connectivity index (χ2v) is 7.66. The third kappa shape index (κ3) is 3.85. The van der Waals surface area contributed by atoms with Gasteiger partial charge in [0.05, 0.1) is 6.04 Å². The van der Waals surface area contributed by atoms with Gasteiger partial charge in [-0.1, -0.05) is 0 Å². The van der Waals surface area contributed by atoms with Crippen molar-refractivity contribution in [3.63, 3.8) is 0 Å². The molecule has 6 nitrogen and oxygen atoms in total. The maximum atomic E-state index is 12.7. The van der Waals surface area contributed by atoms with Gasteiger partial charge in [-0.05, 0) is 56.7 Å². The smallest absolute Gasteiger partial charge is 0.318 e. The van der Waals surface area contributed by atoms with Crippen LogP contribution in [0.1, 0.15) is 49.7 Å². The average molecular weight is 347 g/mol. The van der Waals surface area contributed by atoms with E-state index in [9.17, 15) is 4.79 Å². The standard InChI is InChI=1S/C19H29N3O3/c1-24-13-16-6-7-18(25-16)17-3-2-9-22(17)19(23)20-11-14-8-10-21(12-14)15-4-5-15/h6-7,14-15,17H,2-5,8-13H2,1H3,(H,20,23). The first-order valence-corrected chi connectivity index (χ1v) is 9.60. The summed E-state index contributed by atoms with van der Waals surface area (Å²) in [6.07, 6.45) is 5.92.